The Morgan fingerprint density at radius 1 is 1.19 bits per heavy atom. The molecule has 1 aromatic carbocycles. The van der Waals surface area contributed by atoms with Crippen LogP contribution in [0.2, 0.25) is 5.02 Å². The minimum absolute atomic E-state index is 0.0379. The summed E-state index contributed by atoms with van der Waals surface area (Å²) in [5.74, 6) is 0. The highest BCUT2D eigenvalue weighted by molar-refractivity contribution is 7.92. The first-order chi connectivity index (χ1) is 9.88. The lowest BCUT2D eigenvalue weighted by Crippen LogP contribution is -2.14. The fourth-order valence-electron chi connectivity index (χ4n) is 1.81. The molecule has 0 saturated carbocycles. The Hall–Kier alpha value is -1.63. The lowest BCUT2D eigenvalue weighted by atomic mass is 10.2. The van der Waals surface area contributed by atoms with Gasteiger partial charge in [0.2, 0.25) is 0 Å². The average molecular weight is 326 g/mol. The van der Waals surface area contributed by atoms with E-state index in [1.807, 2.05) is 31.1 Å². The number of rotatable bonds is 5. The third-order valence-corrected chi connectivity index (χ3v) is 4.58. The predicted molar refractivity (Wildman–Crippen MR) is 83.9 cm³/mol. The second-order valence-corrected chi connectivity index (χ2v) is 6.90. The van der Waals surface area contributed by atoms with Gasteiger partial charge in [0, 0.05) is 24.6 Å². The highest BCUT2D eigenvalue weighted by Gasteiger charge is 2.18. The van der Waals surface area contributed by atoms with Crippen molar-refractivity contribution < 1.29 is 8.42 Å². The van der Waals surface area contributed by atoms with Gasteiger partial charge < -0.3 is 4.90 Å². The first kappa shape index (κ1) is 15.8. The van der Waals surface area contributed by atoms with Gasteiger partial charge in [-0.1, -0.05) is 23.7 Å². The van der Waals surface area contributed by atoms with Gasteiger partial charge in [0.15, 0.2) is 0 Å². The summed E-state index contributed by atoms with van der Waals surface area (Å²) < 4.78 is 27.0. The number of hydrogen-bond acceptors (Lipinski definition) is 4. The lowest BCUT2D eigenvalue weighted by molar-refractivity contribution is 0.402. The van der Waals surface area contributed by atoms with Crippen molar-refractivity contribution in [3.8, 4) is 0 Å². The normalized spacial score (nSPS) is 11.6. The van der Waals surface area contributed by atoms with Crippen LogP contribution in [0.4, 0.5) is 5.69 Å². The van der Waals surface area contributed by atoms with E-state index in [4.69, 9.17) is 11.6 Å². The minimum atomic E-state index is -3.73. The van der Waals surface area contributed by atoms with E-state index >= 15 is 0 Å². The van der Waals surface area contributed by atoms with Crippen LogP contribution in [-0.4, -0.2) is 32.4 Å². The number of nitrogens with one attached hydrogen (secondary N) is 1. The molecular formula is C14H16ClN3O2S. The van der Waals surface area contributed by atoms with E-state index < -0.39 is 10.0 Å². The monoisotopic (exact) mass is 325 g/mol. The second-order valence-electron chi connectivity index (χ2n) is 4.85. The summed E-state index contributed by atoms with van der Waals surface area (Å²) in [6, 6.07) is 8.64. The minimum Gasteiger partial charge on any atom is -0.305 e. The quantitative estimate of drug-likeness (QED) is 0.918. The molecule has 1 aromatic heterocycles. The van der Waals surface area contributed by atoms with Crippen molar-refractivity contribution in [1.29, 1.82) is 0 Å². The Kier molecular flexibility index (Phi) is 4.82. The molecule has 5 nitrogen and oxygen atoms in total. The van der Waals surface area contributed by atoms with Crippen LogP contribution < -0.4 is 4.72 Å². The fourth-order valence-corrected chi connectivity index (χ4v) is 3.30. The number of nitrogens with zero attached hydrogens (tertiary/aromatic N) is 2. The Morgan fingerprint density at radius 2 is 1.86 bits per heavy atom. The summed E-state index contributed by atoms with van der Waals surface area (Å²) in [7, 11) is 0.212. The van der Waals surface area contributed by atoms with Gasteiger partial charge in [0.25, 0.3) is 10.0 Å². The van der Waals surface area contributed by atoms with Crippen molar-refractivity contribution >= 4 is 27.3 Å². The maximum Gasteiger partial charge on any atom is 0.264 e. The molecule has 7 heteroatoms. The SMILES string of the molecule is CN(C)Cc1ccc(NS(=O)(=O)c2cnccc2Cl)cc1. The molecule has 0 atom stereocenters. The van der Waals surface area contributed by atoms with Crippen molar-refractivity contribution in [1.82, 2.24) is 9.88 Å². The lowest BCUT2D eigenvalue weighted by Gasteiger charge is -2.11. The molecular weight excluding hydrogens is 310 g/mol. The van der Waals surface area contributed by atoms with E-state index in [1.54, 1.807) is 12.1 Å². The number of hydrogen-bond donors (Lipinski definition) is 1. The molecule has 0 unspecified atom stereocenters. The molecule has 0 aliphatic heterocycles. The summed E-state index contributed by atoms with van der Waals surface area (Å²) in [5.41, 5.74) is 1.58. The van der Waals surface area contributed by atoms with Crippen LogP contribution in [-0.2, 0) is 16.6 Å². The third-order valence-electron chi connectivity index (χ3n) is 2.73. The van der Waals surface area contributed by atoms with E-state index in [2.05, 4.69) is 9.71 Å². The number of halogens is 1. The molecule has 0 amide bonds. The fraction of sp³-hybridized carbons (Fsp3) is 0.214. The number of benzene rings is 1. The van der Waals surface area contributed by atoms with Gasteiger partial charge in [0.05, 0.1) is 5.02 Å². The largest absolute Gasteiger partial charge is 0.305 e. The van der Waals surface area contributed by atoms with Gasteiger partial charge in [-0.15, -0.1) is 0 Å². The maximum atomic E-state index is 12.2. The number of sulfonamides is 1. The van der Waals surface area contributed by atoms with Crippen molar-refractivity contribution in [3.63, 3.8) is 0 Å². The number of pyridine rings is 1. The smallest absolute Gasteiger partial charge is 0.264 e. The Labute approximate surface area is 129 Å². The van der Waals surface area contributed by atoms with Crippen LogP contribution in [0.25, 0.3) is 0 Å². The van der Waals surface area contributed by atoms with Gasteiger partial charge in [-0.05, 0) is 37.9 Å². The molecule has 2 rings (SSSR count). The van der Waals surface area contributed by atoms with Gasteiger partial charge in [0.1, 0.15) is 4.90 Å². The van der Waals surface area contributed by atoms with Crippen molar-refractivity contribution in [3.05, 3.63) is 53.3 Å². The first-order valence-electron chi connectivity index (χ1n) is 6.24. The molecule has 2 aromatic rings. The zero-order valence-corrected chi connectivity index (χ0v) is 13.3. The summed E-state index contributed by atoms with van der Waals surface area (Å²) in [5, 5.41) is 0.140. The molecule has 0 fully saturated rings. The molecule has 0 spiro atoms. The van der Waals surface area contributed by atoms with Gasteiger partial charge >= 0.3 is 0 Å². The van der Waals surface area contributed by atoms with Crippen LogP contribution in [0, 0.1) is 0 Å². The van der Waals surface area contributed by atoms with Gasteiger partial charge in [-0.25, -0.2) is 8.42 Å². The molecule has 112 valence electrons. The van der Waals surface area contributed by atoms with Crippen molar-refractivity contribution in [2.45, 2.75) is 11.4 Å². The summed E-state index contributed by atoms with van der Waals surface area (Å²) >= 11 is 5.89. The predicted octanol–water partition coefficient (Wildman–Crippen LogP) is 2.60. The molecule has 0 radical (unpaired) electrons. The van der Waals surface area contributed by atoms with Crippen LogP contribution in [0.5, 0.6) is 0 Å². The van der Waals surface area contributed by atoms with Crippen LogP contribution in [0.1, 0.15) is 5.56 Å². The van der Waals surface area contributed by atoms with Gasteiger partial charge in [-0.3, -0.25) is 9.71 Å². The Morgan fingerprint density at radius 3 is 2.43 bits per heavy atom. The Bertz CT molecular complexity index is 715. The molecule has 21 heavy (non-hydrogen) atoms. The van der Waals surface area contributed by atoms with Crippen molar-refractivity contribution in [2.24, 2.45) is 0 Å². The van der Waals surface area contributed by atoms with E-state index in [0.717, 1.165) is 12.1 Å². The molecule has 1 N–H and O–H groups in total. The van der Waals surface area contributed by atoms with Crippen LogP contribution in [0.15, 0.2) is 47.6 Å². The molecule has 0 aliphatic carbocycles. The highest BCUT2D eigenvalue weighted by atomic mass is 35.5. The topological polar surface area (TPSA) is 62.3 Å². The first-order valence-corrected chi connectivity index (χ1v) is 8.10. The summed E-state index contributed by atoms with van der Waals surface area (Å²) in [6.07, 6.45) is 2.67. The Balaban J connectivity index is 2.19. The van der Waals surface area contributed by atoms with Crippen LogP contribution in [0.3, 0.4) is 0 Å². The summed E-state index contributed by atoms with van der Waals surface area (Å²) in [4.78, 5) is 5.79. The van der Waals surface area contributed by atoms with E-state index in [0.29, 0.717) is 5.69 Å². The average Bonchev–Trinajstić information content (AvgIpc) is 2.40. The van der Waals surface area contributed by atoms with Gasteiger partial charge in [-0.2, -0.15) is 0 Å². The zero-order chi connectivity index (χ0) is 15.5. The maximum absolute atomic E-state index is 12.2. The molecule has 0 aliphatic rings. The van der Waals surface area contributed by atoms with Crippen LogP contribution >= 0.6 is 11.6 Å². The van der Waals surface area contributed by atoms with E-state index in [9.17, 15) is 8.42 Å². The zero-order valence-electron chi connectivity index (χ0n) is 11.7. The number of aromatic nitrogens is 1. The molecule has 0 saturated heterocycles. The second kappa shape index (κ2) is 6.43. The third kappa shape index (κ3) is 4.17. The molecule has 1 heterocycles. The van der Waals surface area contributed by atoms with E-state index in [-0.39, 0.29) is 9.92 Å². The highest BCUT2D eigenvalue weighted by Crippen LogP contribution is 2.22. The molecule has 0 bridgehead atoms. The number of anilines is 1. The van der Waals surface area contributed by atoms with Crippen molar-refractivity contribution in [2.75, 3.05) is 18.8 Å². The summed E-state index contributed by atoms with van der Waals surface area (Å²) in [6.45, 7) is 0.793. The standard InChI is InChI=1S/C14H16ClN3O2S/c1-18(2)10-11-3-5-12(6-4-11)17-21(19,20)14-9-16-8-7-13(14)15/h3-9,17H,10H2,1-2H3. The van der Waals surface area contributed by atoms with E-state index in [1.165, 1.54) is 18.5 Å².